The highest BCUT2D eigenvalue weighted by atomic mass is 19.4. The molecule has 0 aliphatic carbocycles. The summed E-state index contributed by atoms with van der Waals surface area (Å²) in [5.41, 5.74) is 4.07. The Hall–Kier alpha value is -4.22. The summed E-state index contributed by atoms with van der Waals surface area (Å²) in [6.07, 6.45) is -4.51. The smallest absolute Gasteiger partial charge is 0.302 e. The maximum Gasteiger partial charge on any atom is 0.416 e. The summed E-state index contributed by atoms with van der Waals surface area (Å²) < 4.78 is 38.2. The number of allylic oxidation sites excluding steroid dienone is 1. The van der Waals surface area contributed by atoms with Crippen molar-refractivity contribution in [3.05, 3.63) is 81.0 Å². The molecule has 1 aliphatic heterocycles. The van der Waals surface area contributed by atoms with Crippen LogP contribution in [0.4, 0.5) is 24.5 Å². The lowest BCUT2D eigenvalue weighted by Crippen LogP contribution is -2.38. The topological polar surface area (TPSA) is 117 Å². The van der Waals surface area contributed by atoms with Gasteiger partial charge in [-0.1, -0.05) is 12.1 Å². The first-order valence-electron chi connectivity index (χ1n) is 9.08. The molecule has 1 heterocycles. The Labute approximate surface area is 179 Å². The number of alkyl halides is 3. The SMILES string of the molecule is CC1=NN(c2ccc(C(F)(F)F)cc2)C(=O)/C1=C(/C)NNC(=O)c1ccccc1[N+](=O)[O-]. The highest BCUT2D eigenvalue weighted by Crippen LogP contribution is 2.32. The number of hydrogen-bond donors (Lipinski definition) is 2. The molecule has 0 aromatic heterocycles. The molecular formula is C20H16F3N5O4. The average molecular weight is 447 g/mol. The zero-order valence-corrected chi connectivity index (χ0v) is 16.7. The lowest BCUT2D eigenvalue weighted by molar-refractivity contribution is -0.385. The molecule has 2 aromatic rings. The number of para-hydroxylation sites is 1. The number of nitrogens with one attached hydrogen (secondary N) is 2. The molecule has 166 valence electrons. The van der Waals surface area contributed by atoms with Gasteiger partial charge in [-0.25, -0.2) is 0 Å². The second-order valence-electron chi connectivity index (χ2n) is 6.70. The number of halogens is 3. The van der Waals surface area contributed by atoms with Crippen LogP contribution in [0.3, 0.4) is 0 Å². The lowest BCUT2D eigenvalue weighted by atomic mass is 10.1. The quantitative estimate of drug-likeness (QED) is 0.413. The van der Waals surface area contributed by atoms with Crippen molar-refractivity contribution in [1.29, 1.82) is 0 Å². The highest BCUT2D eigenvalue weighted by molar-refractivity contribution is 6.30. The fraction of sp³-hybridized carbons (Fsp3) is 0.150. The molecule has 0 saturated heterocycles. The Morgan fingerprint density at radius 1 is 1.09 bits per heavy atom. The Kier molecular flexibility index (Phi) is 5.96. The third-order valence-electron chi connectivity index (χ3n) is 4.54. The minimum Gasteiger partial charge on any atom is -0.302 e. The van der Waals surface area contributed by atoms with Crippen molar-refractivity contribution < 1.29 is 27.7 Å². The molecule has 0 spiro atoms. The fourth-order valence-corrected chi connectivity index (χ4v) is 3.01. The summed E-state index contributed by atoms with van der Waals surface area (Å²) in [6, 6.07) is 9.27. The van der Waals surface area contributed by atoms with Crippen LogP contribution in [-0.2, 0) is 11.0 Å². The van der Waals surface area contributed by atoms with Crippen molar-refractivity contribution in [2.45, 2.75) is 20.0 Å². The molecule has 9 nitrogen and oxygen atoms in total. The Balaban J connectivity index is 1.77. The molecule has 0 saturated carbocycles. The summed E-state index contributed by atoms with van der Waals surface area (Å²) in [5.74, 6) is -1.41. The highest BCUT2D eigenvalue weighted by Gasteiger charge is 2.33. The van der Waals surface area contributed by atoms with Crippen molar-refractivity contribution in [3.63, 3.8) is 0 Å². The van der Waals surface area contributed by atoms with Crippen LogP contribution < -0.4 is 15.9 Å². The predicted molar refractivity (Wildman–Crippen MR) is 108 cm³/mol. The van der Waals surface area contributed by atoms with Gasteiger partial charge in [0.1, 0.15) is 5.56 Å². The first-order chi connectivity index (χ1) is 15.0. The standard InChI is InChI=1S/C20H16F3N5O4/c1-11(24-25-18(29)15-5-3-4-6-16(15)28(31)32)17-12(2)26-27(19(17)30)14-9-7-13(8-10-14)20(21,22)23/h3-10,24H,1-2H3,(H,25,29)/b17-11-. The van der Waals surface area contributed by atoms with E-state index in [9.17, 15) is 32.9 Å². The van der Waals surface area contributed by atoms with Crippen molar-refractivity contribution in [3.8, 4) is 0 Å². The minimum atomic E-state index is -4.51. The number of hydrazine groups is 1. The fourth-order valence-electron chi connectivity index (χ4n) is 3.01. The molecule has 0 unspecified atom stereocenters. The number of hydrogen-bond acceptors (Lipinski definition) is 6. The lowest BCUT2D eigenvalue weighted by Gasteiger charge is -2.14. The molecule has 2 N–H and O–H groups in total. The van der Waals surface area contributed by atoms with E-state index in [2.05, 4.69) is 16.0 Å². The van der Waals surface area contributed by atoms with Crippen LogP contribution in [0.25, 0.3) is 0 Å². The van der Waals surface area contributed by atoms with Crippen LogP contribution in [-0.4, -0.2) is 22.4 Å². The molecule has 0 radical (unpaired) electrons. The van der Waals surface area contributed by atoms with Crippen LogP contribution >= 0.6 is 0 Å². The van der Waals surface area contributed by atoms with Gasteiger partial charge in [0.2, 0.25) is 0 Å². The normalized spacial score (nSPS) is 15.3. The monoisotopic (exact) mass is 447 g/mol. The van der Waals surface area contributed by atoms with E-state index >= 15 is 0 Å². The van der Waals surface area contributed by atoms with Gasteiger partial charge in [-0.05, 0) is 44.2 Å². The largest absolute Gasteiger partial charge is 0.416 e. The van der Waals surface area contributed by atoms with Gasteiger partial charge in [0.25, 0.3) is 17.5 Å². The summed E-state index contributed by atoms with van der Waals surface area (Å²) in [7, 11) is 0. The van der Waals surface area contributed by atoms with Crippen LogP contribution in [0.5, 0.6) is 0 Å². The van der Waals surface area contributed by atoms with Gasteiger partial charge in [0, 0.05) is 11.8 Å². The third-order valence-corrected chi connectivity index (χ3v) is 4.54. The molecular weight excluding hydrogens is 431 g/mol. The second-order valence-corrected chi connectivity index (χ2v) is 6.70. The molecule has 3 rings (SSSR count). The van der Waals surface area contributed by atoms with Crippen molar-refractivity contribution >= 4 is 28.9 Å². The van der Waals surface area contributed by atoms with Crippen molar-refractivity contribution in [2.24, 2.45) is 5.10 Å². The van der Waals surface area contributed by atoms with Crippen LogP contribution in [0.1, 0.15) is 29.8 Å². The summed E-state index contributed by atoms with van der Waals surface area (Å²) >= 11 is 0. The Morgan fingerprint density at radius 3 is 2.31 bits per heavy atom. The number of anilines is 1. The van der Waals surface area contributed by atoms with E-state index in [0.29, 0.717) is 0 Å². The van der Waals surface area contributed by atoms with Gasteiger partial charge in [-0.15, -0.1) is 0 Å². The third kappa shape index (κ3) is 4.43. The number of carbonyl (C=O) groups excluding carboxylic acids is 2. The summed E-state index contributed by atoms with van der Waals surface area (Å²) in [6.45, 7) is 2.99. The van der Waals surface area contributed by atoms with Gasteiger partial charge in [-0.3, -0.25) is 25.1 Å². The maximum atomic E-state index is 12.8. The van der Waals surface area contributed by atoms with E-state index in [1.807, 2.05) is 0 Å². The molecule has 2 amide bonds. The van der Waals surface area contributed by atoms with E-state index < -0.39 is 28.5 Å². The van der Waals surface area contributed by atoms with E-state index in [1.54, 1.807) is 0 Å². The van der Waals surface area contributed by atoms with Gasteiger partial charge in [0.05, 0.1) is 27.5 Å². The van der Waals surface area contributed by atoms with E-state index in [1.165, 1.54) is 38.1 Å². The number of nitro groups is 1. The Bertz CT molecular complexity index is 1160. The summed E-state index contributed by atoms with van der Waals surface area (Å²) in [4.78, 5) is 35.5. The number of nitro benzene ring substituents is 1. The number of carbonyl (C=O) groups is 2. The molecule has 2 aromatic carbocycles. The zero-order chi connectivity index (χ0) is 23.6. The van der Waals surface area contributed by atoms with Gasteiger partial charge >= 0.3 is 6.18 Å². The van der Waals surface area contributed by atoms with Crippen molar-refractivity contribution in [2.75, 3.05) is 5.01 Å². The Morgan fingerprint density at radius 2 is 1.72 bits per heavy atom. The second kappa shape index (κ2) is 8.49. The first-order valence-corrected chi connectivity index (χ1v) is 9.08. The molecule has 0 atom stereocenters. The van der Waals surface area contributed by atoms with E-state index in [0.717, 1.165) is 29.3 Å². The van der Waals surface area contributed by atoms with Gasteiger partial charge in [-0.2, -0.15) is 23.3 Å². The van der Waals surface area contributed by atoms with Crippen LogP contribution in [0, 0.1) is 10.1 Å². The minimum absolute atomic E-state index is 0.0905. The number of nitrogens with zero attached hydrogens (tertiary/aromatic N) is 3. The number of amides is 2. The average Bonchev–Trinajstić information content (AvgIpc) is 3.05. The van der Waals surface area contributed by atoms with Crippen LogP contribution in [0.15, 0.2) is 64.9 Å². The molecule has 12 heteroatoms. The van der Waals surface area contributed by atoms with Gasteiger partial charge < -0.3 is 5.43 Å². The maximum absolute atomic E-state index is 12.8. The van der Waals surface area contributed by atoms with Crippen molar-refractivity contribution in [1.82, 2.24) is 10.9 Å². The zero-order valence-electron chi connectivity index (χ0n) is 16.7. The number of rotatable bonds is 5. The van der Waals surface area contributed by atoms with E-state index in [-0.39, 0.29) is 33.9 Å². The van der Waals surface area contributed by atoms with E-state index in [4.69, 9.17) is 0 Å². The van der Waals surface area contributed by atoms with Gasteiger partial charge in [0.15, 0.2) is 0 Å². The summed E-state index contributed by atoms with van der Waals surface area (Å²) in [5, 5.41) is 16.1. The van der Waals surface area contributed by atoms with Crippen LogP contribution in [0.2, 0.25) is 0 Å². The first kappa shape index (κ1) is 22.5. The molecule has 0 fully saturated rings. The number of benzene rings is 2. The molecule has 32 heavy (non-hydrogen) atoms. The molecule has 1 aliphatic rings. The molecule has 0 bridgehead atoms. The predicted octanol–water partition coefficient (Wildman–Crippen LogP) is 3.54. The number of hydrazone groups is 1.